The molecule has 1 atom stereocenters. The zero-order chi connectivity index (χ0) is 11.3. The van der Waals surface area contributed by atoms with Gasteiger partial charge in [-0.15, -0.1) is 6.58 Å². The molecular formula is C14H21N. The molecule has 0 saturated carbocycles. The van der Waals surface area contributed by atoms with Crippen molar-refractivity contribution in [3.63, 3.8) is 0 Å². The zero-order valence-corrected chi connectivity index (χ0v) is 10.0. The summed E-state index contributed by atoms with van der Waals surface area (Å²) in [6, 6.07) is 10.6. The molecule has 1 rings (SSSR count). The van der Waals surface area contributed by atoms with E-state index in [1.165, 1.54) is 5.56 Å². The molecule has 1 aromatic rings. The molecule has 0 aromatic heterocycles. The van der Waals surface area contributed by atoms with Gasteiger partial charge in [0.05, 0.1) is 5.54 Å². The van der Waals surface area contributed by atoms with Crippen molar-refractivity contribution in [2.75, 3.05) is 13.1 Å². The van der Waals surface area contributed by atoms with Crippen LogP contribution in [0.3, 0.4) is 0 Å². The molecule has 1 nitrogen and oxygen atoms in total. The molecule has 15 heavy (non-hydrogen) atoms. The van der Waals surface area contributed by atoms with Crippen LogP contribution in [-0.4, -0.2) is 18.0 Å². The van der Waals surface area contributed by atoms with Gasteiger partial charge in [-0.2, -0.15) is 0 Å². The molecule has 1 aromatic carbocycles. The van der Waals surface area contributed by atoms with E-state index >= 15 is 0 Å². The highest BCUT2D eigenvalue weighted by Crippen LogP contribution is 2.28. The van der Waals surface area contributed by atoms with Crippen LogP contribution in [0.15, 0.2) is 43.0 Å². The zero-order valence-electron chi connectivity index (χ0n) is 10.0. The Bertz CT molecular complexity index is 300. The maximum absolute atomic E-state index is 3.98. The summed E-state index contributed by atoms with van der Waals surface area (Å²) >= 11 is 0. The van der Waals surface area contributed by atoms with Crippen molar-refractivity contribution in [3.05, 3.63) is 48.6 Å². The maximum atomic E-state index is 3.98. The summed E-state index contributed by atoms with van der Waals surface area (Å²) in [5, 5.41) is 0. The van der Waals surface area contributed by atoms with Gasteiger partial charge in [-0.3, -0.25) is 4.90 Å². The molecule has 1 unspecified atom stereocenters. The molecular weight excluding hydrogens is 182 g/mol. The van der Waals surface area contributed by atoms with E-state index in [-0.39, 0.29) is 5.54 Å². The van der Waals surface area contributed by atoms with Crippen LogP contribution in [0.1, 0.15) is 26.3 Å². The molecule has 1 heteroatoms. The van der Waals surface area contributed by atoms with Gasteiger partial charge in [0.25, 0.3) is 0 Å². The molecule has 0 N–H and O–H groups in total. The molecule has 0 amide bonds. The average Bonchev–Trinajstić information content (AvgIpc) is 2.31. The lowest BCUT2D eigenvalue weighted by atomic mass is 9.90. The fourth-order valence-corrected chi connectivity index (χ4v) is 2.09. The number of hydrogen-bond donors (Lipinski definition) is 0. The third kappa shape index (κ3) is 2.29. The number of likely N-dealkylation sites (N-methyl/N-ethyl adjacent to an activating group) is 1. The number of benzene rings is 1. The molecule has 0 fully saturated rings. The van der Waals surface area contributed by atoms with E-state index in [4.69, 9.17) is 0 Å². The van der Waals surface area contributed by atoms with Crippen molar-refractivity contribution in [1.82, 2.24) is 4.90 Å². The summed E-state index contributed by atoms with van der Waals surface area (Å²) in [6.07, 6.45) is 2.04. The van der Waals surface area contributed by atoms with Crippen LogP contribution in [0.4, 0.5) is 0 Å². The highest BCUT2D eigenvalue weighted by atomic mass is 15.2. The Morgan fingerprint density at radius 3 is 2.13 bits per heavy atom. The van der Waals surface area contributed by atoms with Crippen molar-refractivity contribution in [2.24, 2.45) is 0 Å². The van der Waals surface area contributed by atoms with Crippen LogP contribution in [0.2, 0.25) is 0 Å². The van der Waals surface area contributed by atoms with Gasteiger partial charge >= 0.3 is 0 Å². The Morgan fingerprint density at radius 2 is 1.73 bits per heavy atom. The van der Waals surface area contributed by atoms with Gasteiger partial charge in [0, 0.05) is 0 Å². The fraction of sp³-hybridized carbons (Fsp3) is 0.429. The lowest BCUT2D eigenvalue weighted by Crippen LogP contribution is -2.42. The monoisotopic (exact) mass is 203 g/mol. The number of nitrogens with zero attached hydrogens (tertiary/aromatic N) is 1. The second kappa shape index (κ2) is 5.13. The van der Waals surface area contributed by atoms with Crippen LogP contribution in [0.25, 0.3) is 0 Å². The van der Waals surface area contributed by atoms with Crippen LogP contribution in [-0.2, 0) is 5.54 Å². The van der Waals surface area contributed by atoms with Crippen molar-refractivity contribution < 1.29 is 0 Å². The minimum absolute atomic E-state index is 0.0508. The fourth-order valence-electron chi connectivity index (χ4n) is 2.09. The molecule has 0 aliphatic carbocycles. The summed E-state index contributed by atoms with van der Waals surface area (Å²) in [6.45, 7) is 12.7. The standard InChI is InChI=1S/C14H21N/c1-5-14(4,15(6-2)7-3)13-11-9-8-10-12-13/h5,8-12H,1,6-7H2,2-4H3. The van der Waals surface area contributed by atoms with E-state index in [9.17, 15) is 0 Å². The van der Waals surface area contributed by atoms with Gasteiger partial charge in [0.1, 0.15) is 0 Å². The molecule has 0 aliphatic rings. The Hall–Kier alpha value is -1.08. The molecule has 0 heterocycles. The topological polar surface area (TPSA) is 3.24 Å². The van der Waals surface area contributed by atoms with E-state index < -0.39 is 0 Å². The molecule has 0 radical (unpaired) electrons. The minimum atomic E-state index is -0.0508. The first kappa shape index (κ1) is 12.0. The third-order valence-corrected chi connectivity index (χ3v) is 3.18. The van der Waals surface area contributed by atoms with Gasteiger partial charge in [-0.25, -0.2) is 0 Å². The SMILES string of the molecule is C=CC(C)(c1ccccc1)N(CC)CC. The van der Waals surface area contributed by atoms with E-state index in [1.807, 2.05) is 6.08 Å². The minimum Gasteiger partial charge on any atom is -0.291 e. The molecule has 0 saturated heterocycles. The van der Waals surface area contributed by atoms with Gasteiger partial charge in [0.15, 0.2) is 0 Å². The maximum Gasteiger partial charge on any atom is 0.0613 e. The quantitative estimate of drug-likeness (QED) is 0.663. The van der Waals surface area contributed by atoms with E-state index in [0.717, 1.165) is 13.1 Å². The lowest BCUT2D eigenvalue weighted by molar-refractivity contribution is 0.163. The Balaban J connectivity index is 3.09. The van der Waals surface area contributed by atoms with Gasteiger partial charge in [-0.05, 0) is 25.6 Å². The van der Waals surface area contributed by atoms with Crippen molar-refractivity contribution in [2.45, 2.75) is 26.3 Å². The predicted molar refractivity (Wildman–Crippen MR) is 66.9 cm³/mol. The molecule has 0 spiro atoms. The normalized spacial score (nSPS) is 14.9. The van der Waals surface area contributed by atoms with Gasteiger partial charge < -0.3 is 0 Å². The summed E-state index contributed by atoms with van der Waals surface area (Å²) in [5.74, 6) is 0. The third-order valence-electron chi connectivity index (χ3n) is 3.18. The second-order valence-electron chi connectivity index (χ2n) is 3.89. The highest BCUT2D eigenvalue weighted by Gasteiger charge is 2.27. The first-order valence-corrected chi connectivity index (χ1v) is 5.63. The summed E-state index contributed by atoms with van der Waals surface area (Å²) in [7, 11) is 0. The predicted octanol–water partition coefficient (Wildman–Crippen LogP) is 3.43. The van der Waals surface area contributed by atoms with Crippen LogP contribution >= 0.6 is 0 Å². The first-order chi connectivity index (χ1) is 7.19. The lowest BCUT2D eigenvalue weighted by Gasteiger charge is -2.38. The van der Waals surface area contributed by atoms with Crippen molar-refractivity contribution in [1.29, 1.82) is 0 Å². The van der Waals surface area contributed by atoms with Crippen LogP contribution in [0, 0.1) is 0 Å². The van der Waals surface area contributed by atoms with Gasteiger partial charge in [-0.1, -0.05) is 50.3 Å². The van der Waals surface area contributed by atoms with E-state index in [0.29, 0.717) is 0 Å². The first-order valence-electron chi connectivity index (χ1n) is 5.63. The largest absolute Gasteiger partial charge is 0.291 e. The van der Waals surface area contributed by atoms with E-state index in [2.05, 4.69) is 62.6 Å². The Labute approximate surface area is 93.4 Å². The summed E-state index contributed by atoms with van der Waals surface area (Å²) in [5.41, 5.74) is 1.26. The molecule has 0 aliphatic heterocycles. The van der Waals surface area contributed by atoms with Crippen molar-refractivity contribution in [3.8, 4) is 0 Å². The van der Waals surface area contributed by atoms with Crippen LogP contribution < -0.4 is 0 Å². The highest BCUT2D eigenvalue weighted by molar-refractivity contribution is 5.28. The number of rotatable bonds is 5. The van der Waals surface area contributed by atoms with Crippen LogP contribution in [0.5, 0.6) is 0 Å². The Kier molecular flexibility index (Phi) is 4.10. The molecule has 82 valence electrons. The summed E-state index contributed by atoms with van der Waals surface area (Å²) < 4.78 is 0. The van der Waals surface area contributed by atoms with E-state index in [1.54, 1.807) is 0 Å². The smallest absolute Gasteiger partial charge is 0.0613 e. The van der Waals surface area contributed by atoms with Gasteiger partial charge in [0.2, 0.25) is 0 Å². The molecule has 0 bridgehead atoms. The Morgan fingerprint density at radius 1 is 1.20 bits per heavy atom. The second-order valence-corrected chi connectivity index (χ2v) is 3.89. The number of hydrogen-bond acceptors (Lipinski definition) is 1. The average molecular weight is 203 g/mol. The van der Waals surface area contributed by atoms with Crippen molar-refractivity contribution >= 4 is 0 Å². The summed E-state index contributed by atoms with van der Waals surface area (Å²) in [4.78, 5) is 2.41.